The second kappa shape index (κ2) is 9.29. The van der Waals surface area contributed by atoms with Gasteiger partial charge in [0.15, 0.2) is 6.61 Å². The predicted molar refractivity (Wildman–Crippen MR) is 101 cm³/mol. The molecular formula is C22H20O5. The second-order valence-electron chi connectivity index (χ2n) is 5.68. The van der Waals surface area contributed by atoms with E-state index in [9.17, 15) is 4.79 Å². The summed E-state index contributed by atoms with van der Waals surface area (Å²) in [6, 6.07) is 23.8. The van der Waals surface area contributed by atoms with Crippen LogP contribution < -0.4 is 18.9 Å². The lowest BCUT2D eigenvalue weighted by molar-refractivity contribution is -0.136. The first kappa shape index (κ1) is 18.3. The molecule has 0 atom stereocenters. The molecule has 0 fully saturated rings. The van der Waals surface area contributed by atoms with Crippen LogP contribution in [-0.2, 0) is 11.4 Å². The Labute approximate surface area is 158 Å². The highest BCUT2D eigenvalue weighted by Crippen LogP contribution is 2.20. The van der Waals surface area contributed by atoms with Gasteiger partial charge in [-0.15, -0.1) is 0 Å². The summed E-state index contributed by atoms with van der Waals surface area (Å²) in [6.45, 7) is 0.300. The maximum Gasteiger partial charge on any atom is 0.349 e. The molecule has 0 saturated heterocycles. The molecule has 0 radical (unpaired) electrons. The van der Waals surface area contributed by atoms with Crippen molar-refractivity contribution in [3.05, 3.63) is 84.4 Å². The summed E-state index contributed by atoms with van der Waals surface area (Å²) in [5.74, 6) is 1.94. The maximum absolute atomic E-state index is 11.9. The summed E-state index contributed by atoms with van der Waals surface area (Å²) in [5.41, 5.74) is 1.09. The van der Waals surface area contributed by atoms with Gasteiger partial charge in [0.1, 0.15) is 29.6 Å². The molecule has 3 aromatic rings. The zero-order valence-electron chi connectivity index (χ0n) is 15.0. The minimum atomic E-state index is -0.483. The van der Waals surface area contributed by atoms with E-state index in [4.69, 9.17) is 18.9 Å². The van der Waals surface area contributed by atoms with E-state index in [0.717, 1.165) is 11.3 Å². The Hall–Kier alpha value is -3.47. The van der Waals surface area contributed by atoms with Crippen molar-refractivity contribution in [2.45, 2.75) is 6.61 Å². The fourth-order valence-electron chi connectivity index (χ4n) is 2.32. The van der Waals surface area contributed by atoms with Crippen LogP contribution in [0.4, 0.5) is 0 Å². The SMILES string of the molecule is COc1ccc(OCC(=O)Oc2ccc(OCc3ccccc3)cc2)cc1. The molecule has 0 heterocycles. The van der Waals surface area contributed by atoms with Crippen LogP contribution in [-0.4, -0.2) is 19.7 Å². The third-order valence-corrected chi connectivity index (χ3v) is 3.72. The first-order chi connectivity index (χ1) is 13.2. The number of carbonyl (C=O) groups is 1. The quantitative estimate of drug-likeness (QED) is 0.442. The molecule has 5 nitrogen and oxygen atoms in total. The van der Waals surface area contributed by atoms with Crippen molar-refractivity contribution in [3.63, 3.8) is 0 Å². The van der Waals surface area contributed by atoms with Gasteiger partial charge in [0.2, 0.25) is 0 Å². The summed E-state index contributed by atoms with van der Waals surface area (Å²) in [4.78, 5) is 11.9. The molecular weight excluding hydrogens is 344 g/mol. The Morgan fingerprint density at radius 1 is 0.704 bits per heavy atom. The zero-order valence-corrected chi connectivity index (χ0v) is 15.0. The Morgan fingerprint density at radius 3 is 1.89 bits per heavy atom. The first-order valence-corrected chi connectivity index (χ1v) is 8.47. The minimum absolute atomic E-state index is 0.182. The van der Waals surface area contributed by atoms with E-state index in [0.29, 0.717) is 23.9 Å². The van der Waals surface area contributed by atoms with Crippen molar-refractivity contribution in [1.82, 2.24) is 0 Å². The summed E-state index contributed by atoms with van der Waals surface area (Å²) in [7, 11) is 1.59. The standard InChI is InChI=1S/C22H20O5/c1-24-18-7-9-20(10-8-18)26-16-22(23)27-21-13-11-19(12-14-21)25-15-17-5-3-2-4-6-17/h2-14H,15-16H2,1H3. The smallest absolute Gasteiger partial charge is 0.349 e. The van der Waals surface area contributed by atoms with E-state index >= 15 is 0 Å². The average molecular weight is 364 g/mol. The minimum Gasteiger partial charge on any atom is -0.497 e. The lowest BCUT2D eigenvalue weighted by atomic mass is 10.2. The number of benzene rings is 3. The third-order valence-electron chi connectivity index (χ3n) is 3.72. The second-order valence-corrected chi connectivity index (χ2v) is 5.68. The number of methoxy groups -OCH3 is 1. The van der Waals surface area contributed by atoms with Crippen LogP contribution >= 0.6 is 0 Å². The molecule has 3 aromatic carbocycles. The summed E-state index contributed by atoms with van der Waals surface area (Å²) >= 11 is 0. The summed E-state index contributed by atoms with van der Waals surface area (Å²) in [5, 5.41) is 0. The van der Waals surface area contributed by atoms with Crippen LogP contribution in [0.25, 0.3) is 0 Å². The van der Waals surface area contributed by atoms with Crippen molar-refractivity contribution in [2.75, 3.05) is 13.7 Å². The van der Waals surface area contributed by atoms with Crippen LogP contribution in [0.2, 0.25) is 0 Å². The summed E-state index contributed by atoms with van der Waals surface area (Å²) in [6.07, 6.45) is 0. The molecule has 0 amide bonds. The van der Waals surface area contributed by atoms with E-state index in [1.165, 1.54) is 0 Å². The molecule has 0 aliphatic heterocycles. The fraction of sp³-hybridized carbons (Fsp3) is 0.136. The van der Waals surface area contributed by atoms with Crippen LogP contribution in [0.3, 0.4) is 0 Å². The monoisotopic (exact) mass is 364 g/mol. The van der Waals surface area contributed by atoms with Crippen LogP contribution in [0.1, 0.15) is 5.56 Å². The van der Waals surface area contributed by atoms with Crippen molar-refractivity contribution in [3.8, 4) is 23.0 Å². The van der Waals surface area contributed by atoms with Crippen molar-refractivity contribution < 1.29 is 23.7 Å². The number of carbonyl (C=O) groups excluding carboxylic acids is 1. The van der Waals surface area contributed by atoms with Crippen LogP contribution in [0, 0.1) is 0 Å². The molecule has 0 bridgehead atoms. The molecule has 0 N–H and O–H groups in total. The Morgan fingerprint density at radius 2 is 1.26 bits per heavy atom. The zero-order chi connectivity index (χ0) is 18.9. The molecule has 138 valence electrons. The van der Waals surface area contributed by atoms with Crippen LogP contribution in [0.15, 0.2) is 78.9 Å². The normalized spacial score (nSPS) is 10.1. The van der Waals surface area contributed by atoms with Gasteiger partial charge in [0.05, 0.1) is 7.11 Å². The molecule has 0 aromatic heterocycles. The molecule has 0 spiro atoms. The van der Waals surface area contributed by atoms with Gasteiger partial charge in [-0.05, 0) is 54.1 Å². The highest BCUT2D eigenvalue weighted by molar-refractivity contribution is 5.74. The number of esters is 1. The molecule has 5 heteroatoms. The van der Waals surface area contributed by atoms with Gasteiger partial charge in [0, 0.05) is 0 Å². The highest BCUT2D eigenvalue weighted by atomic mass is 16.6. The van der Waals surface area contributed by atoms with Gasteiger partial charge in [-0.1, -0.05) is 30.3 Å². The van der Waals surface area contributed by atoms with E-state index < -0.39 is 5.97 Å². The van der Waals surface area contributed by atoms with E-state index in [1.807, 2.05) is 30.3 Å². The van der Waals surface area contributed by atoms with Gasteiger partial charge in [-0.2, -0.15) is 0 Å². The highest BCUT2D eigenvalue weighted by Gasteiger charge is 2.07. The Bertz CT molecular complexity index is 842. The Balaban J connectivity index is 1.45. The third kappa shape index (κ3) is 5.78. The lowest BCUT2D eigenvalue weighted by Gasteiger charge is -2.09. The van der Waals surface area contributed by atoms with Crippen molar-refractivity contribution in [2.24, 2.45) is 0 Å². The number of hydrogen-bond acceptors (Lipinski definition) is 5. The number of rotatable bonds is 8. The van der Waals surface area contributed by atoms with Gasteiger partial charge in [-0.25, -0.2) is 4.79 Å². The topological polar surface area (TPSA) is 54.0 Å². The number of ether oxygens (including phenoxy) is 4. The molecule has 0 unspecified atom stereocenters. The molecule has 0 saturated carbocycles. The van der Waals surface area contributed by atoms with Gasteiger partial charge in [-0.3, -0.25) is 0 Å². The predicted octanol–water partition coefficient (Wildman–Crippen LogP) is 4.26. The van der Waals surface area contributed by atoms with Crippen molar-refractivity contribution >= 4 is 5.97 Å². The van der Waals surface area contributed by atoms with E-state index in [-0.39, 0.29) is 6.61 Å². The molecule has 0 aliphatic rings. The maximum atomic E-state index is 11.9. The molecule has 27 heavy (non-hydrogen) atoms. The van der Waals surface area contributed by atoms with Crippen molar-refractivity contribution in [1.29, 1.82) is 0 Å². The van der Waals surface area contributed by atoms with Gasteiger partial charge < -0.3 is 18.9 Å². The molecule has 0 aliphatic carbocycles. The van der Waals surface area contributed by atoms with E-state index in [2.05, 4.69) is 0 Å². The fourth-order valence-corrected chi connectivity index (χ4v) is 2.32. The van der Waals surface area contributed by atoms with Crippen LogP contribution in [0.5, 0.6) is 23.0 Å². The Kier molecular flexibility index (Phi) is 6.30. The van der Waals surface area contributed by atoms with Gasteiger partial charge >= 0.3 is 5.97 Å². The number of hydrogen-bond donors (Lipinski definition) is 0. The lowest BCUT2D eigenvalue weighted by Crippen LogP contribution is -2.17. The van der Waals surface area contributed by atoms with E-state index in [1.54, 1.807) is 55.6 Å². The average Bonchev–Trinajstić information content (AvgIpc) is 2.73. The summed E-state index contributed by atoms with van der Waals surface area (Å²) < 4.78 is 21.4. The first-order valence-electron chi connectivity index (χ1n) is 8.47. The largest absolute Gasteiger partial charge is 0.497 e. The van der Waals surface area contributed by atoms with Gasteiger partial charge in [0.25, 0.3) is 0 Å². The molecule has 3 rings (SSSR count).